The summed E-state index contributed by atoms with van der Waals surface area (Å²) in [6, 6.07) is 0. The second kappa shape index (κ2) is 4.77. The van der Waals surface area contributed by atoms with E-state index in [1.165, 1.54) is 12.8 Å². The molecule has 0 saturated heterocycles. The van der Waals surface area contributed by atoms with Crippen LogP contribution in [-0.4, -0.2) is 20.5 Å². The maximum atomic E-state index is 12.3. The number of ketones is 1. The first-order valence-electron chi connectivity index (χ1n) is 6.08. The Kier molecular flexibility index (Phi) is 3.60. The van der Waals surface area contributed by atoms with Gasteiger partial charge in [-0.2, -0.15) is 0 Å². The van der Waals surface area contributed by atoms with Crippen LogP contribution >= 0.6 is 0 Å². The Hall–Kier alpha value is -0.180. The molecule has 0 N–H and O–H groups in total. The van der Waals surface area contributed by atoms with E-state index >= 15 is 0 Å². The van der Waals surface area contributed by atoms with E-state index in [2.05, 4.69) is 6.92 Å². The second-order valence-electron chi connectivity index (χ2n) is 5.13. The molecule has 4 atom stereocenters. The molecule has 2 saturated carbocycles. The van der Waals surface area contributed by atoms with Crippen LogP contribution in [0.25, 0.3) is 0 Å². The highest BCUT2D eigenvalue weighted by Crippen LogP contribution is 2.31. The molecule has 0 spiro atoms. The van der Waals surface area contributed by atoms with Gasteiger partial charge >= 0.3 is 0 Å². The van der Waals surface area contributed by atoms with Gasteiger partial charge in [-0.1, -0.05) is 19.8 Å². The number of hydrogen-bond donors (Lipinski definition) is 0. The summed E-state index contributed by atoms with van der Waals surface area (Å²) < 4.78 is 12.3. The molecule has 2 rings (SSSR count). The summed E-state index contributed by atoms with van der Waals surface area (Å²) in [6.07, 6.45) is 6.85. The van der Waals surface area contributed by atoms with E-state index < -0.39 is 10.8 Å². The largest absolute Gasteiger partial charge is 0.300 e. The van der Waals surface area contributed by atoms with E-state index in [0.29, 0.717) is 23.9 Å². The molecule has 86 valence electrons. The van der Waals surface area contributed by atoms with Gasteiger partial charge in [-0.15, -0.1) is 0 Å². The van der Waals surface area contributed by atoms with Crippen LogP contribution in [0.3, 0.4) is 0 Å². The Balaban J connectivity index is 1.92. The molecule has 0 aromatic carbocycles. The Morgan fingerprint density at radius 2 is 2.00 bits per heavy atom. The zero-order valence-corrected chi connectivity index (χ0v) is 10.2. The van der Waals surface area contributed by atoms with Crippen molar-refractivity contribution >= 4 is 16.6 Å². The zero-order valence-electron chi connectivity index (χ0n) is 9.41. The molecule has 0 amide bonds. The highest BCUT2D eigenvalue weighted by molar-refractivity contribution is 7.86. The predicted octanol–water partition coefficient (Wildman–Crippen LogP) is 2.44. The van der Waals surface area contributed by atoms with Crippen LogP contribution in [0, 0.1) is 5.92 Å². The van der Waals surface area contributed by atoms with Gasteiger partial charge in [-0.25, -0.2) is 0 Å². The Bertz CT molecular complexity index is 275. The van der Waals surface area contributed by atoms with E-state index in [9.17, 15) is 9.00 Å². The van der Waals surface area contributed by atoms with Crippen LogP contribution in [0.4, 0.5) is 0 Å². The molecule has 0 aromatic heterocycles. The van der Waals surface area contributed by atoms with Gasteiger partial charge in [0, 0.05) is 34.1 Å². The van der Waals surface area contributed by atoms with Crippen LogP contribution in [-0.2, 0) is 15.6 Å². The molecule has 2 aliphatic rings. The highest BCUT2D eigenvalue weighted by atomic mass is 32.2. The first-order valence-corrected chi connectivity index (χ1v) is 7.35. The molecule has 0 heterocycles. The molecule has 3 heteroatoms. The minimum Gasteiger partial charge on any atom is -0.300 e. The fourth-order valence-electron chi connectivity index (χ4n) is 2.84. The summed E-state index contributed by atoms with van der Waals surface area (Å²) in [5.74, 6) is 1.04. The summed E-state index contributed by atoms with van der Waals surface area (Å²) in [7, 11) is -0.744. The van der Waals surface area contributed by atoms with Gasteiger partial charge < -0.3 is 0 Å². The van der Waals surface area contributed by atoms with Gasteiger partial charge in [0.25, 0.3) is 0 Å². The van der Waals surface area contributed by atoms with Gasteiger partial charge in [0.15, 0.2) is 0 Å². The van der Waals surface area contributed by atoms with Crippen molar-refractivity contribution < 1.29 is 9.00 Å². The normalized spacial score (nSPS) is 39.3. The topological polar surface area (TPSA) is 34.1 Å². The number of Topliss-reactive ketones (excluding diaryl/α,β-unsaturated/α-hetero) is 1. The molecule has 15 heavy (non-hydrogen) atoms. The average molecular weight is 228 g/mol. The second-order valence-corrected chi connectivity index (χ2v) is 7.12. The lowest BCUT2D eigenvalue weighted by Gasteiger charge is -2.27. The summed E-state index contributed by atoms with van der Waals surface area (Å²) in [4.78, 5) is 11.2. The van der Waals surface area contributed by atoms with Crippen LogP contribution in [0.5, 0.6) is 0 Å². The quantitative estimate of drug-likeness (QED) is 0.727. The van der Waals surface area contributed by atoms with Crippen molar-refractivity contribution in [3.05, 3.63) is 0 Å². The molecule has 0 aliphatic heterocycles. The third-order valence-electron chi connectivity index (χ3n) is 3.75. The molecular weight excluding hydrogens is 208 g/mol. The first kappa shape index (κ1) is 11.3. The first-order chi connectivity index (χ1) is 7.16. The van der Waals surface area contributed by atoms with Gasteiger partial charge in [0.05, 0.1) is 0 Å². The van der Waals surface area contributed by atoms with E-state index in [0.717, 1.165) is 25.2 Å². The fourth-order valence-corrected chi connectivity index (χ4v) is 5.00. The molecule has 2 aliphatic carbocycles. The third kappa shape index (κ3) is 2.68. The zero-order chi connectivity index (χ0) is 10.8. The molecule has 2 nitrogen and oxygen atoms in total. The van der Waals surface area contributed by atoms with Crippen LogP contribution < -0.4 is 0 Å². The van der Waals surface area contributed by atoms with Crippen molar-refractivity contribution in [2.45, 2.75) is 62.4 Å². The minimum absolute atomic E-state index is 0.188. The molecule has 0 aromatic rings. The van der Waals surface area contributed by atoms with Crippen molar-refractivity contribution in [3.63, 3.8) is 0 Å². The summed E-state index contributed by atoms with van der Waals surface area (Å²) >= 11 is 0. The van der Waals surface area contributed by atoms with E-state index in [-0.39, 0.29) is 5.25 Å². The van der Waals surface area contributed by atoms with Crippen molar-refractivity contribution in [2.75, 3.05) is 0 Å². The van der Waals surface area contributed by atoms with Crippen LogP contribution in [0.15, 0.2) is 0 Å². The van der Waals surface area contributed by atoms with Crippen molar-refractivity contribution in [3.8, 4) is 0 Å². The predicted molar refractivity (Wildman–Crippen MR) is 62.2 cm³/mol. The highest BCUT2D eigenvalue weighted by Gasteiger charge is 2.33. The molecule has 0 bridgehead atoms. The lowest BCUT2D eigenvalue weighted by molar-refractivity contribution is -0.117. The SMILES string of the molecule is CC1CCCC(S(=O)C2CCC(=O)C2)C1. The van der Waals surface area contributed by atoms with Crippen molar-refractivity contribution in [2.24, 2.45) is 5.92 Å². The van der Waals surface area contributed by atoms with Crippen LogP contribution in [0.2, 0.25) is 0 Å². The standard InChI is InChI=1S/C12H20O2S/c1-9-3-2-4-11(7-9)15(14)12-6-5-10(13)8-12/h9,11-12H,2-8H2,1H3. The van der Waals surface area contributed by atoms with Crippen molar-refractivity contribution in [1.82, 2.24) is 0 Å². The number of carbonyl (C=O) groups excluding carboxylic acids is 1. The van der Waals surface area contributed by atoms with Crippen LogP contribution in [0.1, 0.15) is 51.9 Å². The monoisotopic (exact) mass is 228 g/mol. The fraction of sp³-hybridized carbons (Fsp3) is 0.917. The number of hydrogen-bond acceptors (Lipinski definition) is 2. The van der Waals surface area contributed by atoms with Gasteiger partial charge in [0.2, 0.25) is 0 Å². The lowest BCUT2D eigenvalue weighted by atomic mass is 9.91. The van der Waals surface area contributed by atoms with Gasteiger partial charge in [-0.3, -0.25) is 9.00 Å². The molecule has 0 radical (unpaired) electrons. The molecule has 2 fully saturated rings. The maximum Gasteiger partial charge on any atom is 0.134 e. The summed E-state index contributed by atoms with van der Waals surface area (Å²) in [6.45, 7) is 2.25. The Labute approximate surface area is 94.3 Å². The third-order valence-corrected chi connectivity index (χ3v) is 5.89. The molecule has 4 unspecified atom stereocenters. The van der Waals surface area contributed by atoms with Crippen molar-refractivity contribution in [1.29, 1.82) is 0 Å². The smallest absolute Gasteiger partial charge is 0.134 e. The van der Waals surface area contributed by atoms with Gasteiger partial charge in [-0.05, 0) is 25.2 Å². The average Bonchev–Trinajstić information content (AvgIpc) is 2.64. The Morgan fingerprint density at radius 1 is 1.20 bits per heavy atom. The Morgan fingerprint density at radius 3 is 2.60 bits per heavy atom. The minimum atomic E-state index is -0.744. The van der Waals surface area contributed by atoms with E-state index in [1.807, 2.05) is 0 Å². The molecular formula is C12H20O2S. The van der Waals surface area contributed by atoms with E-state index in [1.54, 1.807) is 0 Å². The summed E-state index contributed by atoms with van der Waals surface area (Å²) in [5.41, 5.74) is 0. The number of carbonyl (C=O) groups is 1. The lowest BCUT2D eigenvalue weighted by Crippen LogP contribution is -2.29. The summed E-state index contributed by atoms with van der Waals surface area (Å²) in [5, 5.41) is 0.567. The maximum absolute atomic E-state index is 12.3. The van der Waals surface area contributed by atoms with Gasteiger partial charge in [0.1, 0.15) is 5.78 Å². The number of rotatable bonds is 2. The van der Waals surface area contributed by atoms with E-state index in [4.69, 9.17) is 0 Å².